The lowest BCUT2D eigenvalue weighted by Crippen LogP contribution is -2.74. The van der Waals surface area contributed by atoms with Crippen LogP contribution in [0.5, 0.6) is 0 Å². The van der Waals surface area contributed by atoms with Gasteiger partial charge in [-0.3, -0.25) is 0 Å². The van der Waals surface area contributed by atoms with Crippen molar-refractivity contribution < 1.29 is 4.42 Å². The van der Waals surface area contributed by atoms with Gasteiger partial charge in [0.1, 0.15) is 11.2 Å². The molecule has 0 saturated carbocycles. The fraction of sp³-hybridized carbons (Fsp3) is 0. The molecule has 0 aliphatic heterocycles. The van der Waals surface area contributed by atoms with Crippen LogP contribution < -0.4 is 25.6 Å². The van der Waals surface area contributed by atoms with Crippen LogP contribution in [0.3, 0.4) is 0 Å². The Hall–Kier alpha value is -7.72. The second kappa shape index (κ2) is 15.5. The molecule has 0 amide bonds. The number of furan rings is 1. The molecule has 288 valence electrons. The van der Waals surface area contributed by atoms with Gasteiger partial charge in [0.2, 0.25) is 0 Å². The first kappa shape index (κ1) is 36.4. The SMILES string of the molecule is c1ccc(-c2ccc3c(c2)oc2cc(N(c4ccc(-c5ccc([Si](c6ccccc6)(c6ccccc6)c6ccccc6)cc5)cc4)c4cccc5ccccc45)ccc23)cc1. The quantitative estimate of drug-likeness (QED) is 0.107. The van der Waals surface area contributed by atoms with E-state index in [1.54, 1.807) is 0 Å². The summed E-state index contributed by atoms with van der Waals surface area (Å²) in [5, 5.41) is 10.1. The lowest BCUT2D eigenvalue weighted by atomic mass is 10.0. The number of fused-ring (bicyclic) bond motifs is 4. The van der Waals surface area contributed by atoms with E-state index < -0.39 is 8.07 Å². The highest BCUT2D eigenvalue weighted by Crippen LogP contribution is 2.42. The molecule has 0 N–H and O–H groups in total. The smallest absolute Gasteiger partial charge is 0.179 e. The standard InChI is InChI=1S/C58H41NOSi/c1-5-16-42(17-6-1)46-32-38-54-55-39-35-48(41-58(55)60-57(54)40-46)59(56-27-15-19-45-18-13-14-26-53(45)56)47-33-28-43(29-34-47)44-30-36-52(37-31-44)61(49-20-7-2-8-21-49,50-22-9-3-10-23-50)51-24-11-4-12-25-51/h1-41H. The van der Waals surface area contributed by atoms with E-state index in [1.807, 2.05) is 6.07 Å². The van der Waals surface area contributed by atoms with E-state index in [1.165, 1.54) is 48.2 Å². The molecule has 2 nitrogen and oxygen atoms in total. The molecule has 0 aliphatic rings. The summed E-state index contributed by atoms with van der Waals surface area (Å²) in [7, 11) is -2.61. The fourth-order valence-electron chi connectivity index (χ4n) is 9.33. The highest BCUT2D eigenvalue weighted by atomic mass is 28.3. The summed E-state index contributed by atoms with van der Waals surface area (Å²) >= 11 is 0. The van der Waals surface area contributed by atoms with E-state index in [0.29, 0.717) is 0 Å². The number of nitrogens with zero attached hydrogens (tertiary/aromatic N) is 1. The first-order valence-corrected chi connectivity index (χ1v) is 22.9. The Balaban J connectivity index is 0.996. The summed E-state index contributed by atoms with van der Waals surface area (Å²) < 4.78 is 6.64. The zero-order valence-corrected chi connectivity index (χ0v) is 34.5. The number of benzene rings is 10. The lowest BCUT2D eigenvalue weighted by Gasteiger charge is -2.34. The number of hydrogen-bond acceptors (Lipinski definition) is 2. The van der Waals surface area contributed by atoms with Gasteiger partial charge in [0, 0.05) is 33.6 Å². The van der Waals surface area contributed by atoms with Crippen molar-refractivity contribution in [3.05, 3.63) is 249 Å². The summed E-state index contributed by atoms with van der Waals surface area (Å²) in [5.74, 6) is 0. The van der Waals surface area contributed by atoms with E-state index in [4.69, 9.17) is 4.42 Å². The Morgan fingerprint density at radius 1 is 0.295 bits per heavy atom. The van der Waals surface area contributed by atoms with Gasteiger partial charge in [-0.05, 0) is 90.9 Å². The van der Waals surface area contributed by atoms with Gasteiger partial charge in [-0.1, -0.05) is 200 Å². The van der Waals surface area contributed by atoms with Crippen molar-refractivity contribution in [1.82, 2.24) is 0 Å². The minimum Gasteiger partial charge on any atom is -0.456 e. The Morgan fingerprint density at radius 2 is 0.738 bits per heavy atom. The van der Waals surface area contributed by atoms with Crippen molar-refractivity contribution in [2.24, 2.45) is 0 Å². The molecule has 61 heavy (non-hydrogen) atoms. The minimum absolute atomic E-state index is 0.862. The van der Waals surface area contributed by atoms with Crippen molar-refractivity contribution in [1.29, 1.82) is 0 Å². The van der Waals surface area contributed by atoms with Gasteiger partial charge in [-0.25, -0.2) is 0 Å². The van der Waals surface area contributed by atoms with Crippen LogP contribution in [0.15, 0.2) is 253 Å². The lowest BCUT2D eigenvalue weighted by molar-refractivity contribution is 0.669. The molecule has 0 saturated heterocycles. The summed E-state index contributed by atoms with van der Waals surface area (Å²) in [4.78, 5) is 2.36. The van der Waals surface area contributed by atoms with Gasteiger partial charge in [-0.15, -0.1) is 0 Å². The molecule has 0 unspecified atom stereocenters. The molecular weight excluding hydrogens is 755 g/mol. The second-order valence-electron chi connectivity index (χ2n) is 15.7. The Labute approximate surface area is 357 Å². The summed E-state index contributed by atoms with van der Waals surface area (Å²) in [6, 6.07) is 90.4. The molecule has 3 heteroatoms. The average Bonchev–Trinajstić information content (AvgIpc) is 3.71. The number of hydrogen-bond donors (Lipinski definition) is 0. The molecule has 10 aromatic carbocycles. The third-order valence-electron chi connectivity index (χ3n) is 12.2. The number of anilines is 3. The van der Waals surface area contributed by atoms with Crippen LogP contribution in [0, 0.1) is 0 Å². The van der Waals surface area contributed by atoms with Crippen molar-refractivity contribution in [3.63, 3.8) is 0 Å². The van der Waals surface area contributed by atoms with E-state index >= 15 is 0 Å². The molecular formula is C58H41NOSi. The maximum Gasteiger partial charge on any atom is 0.179 e. The normalized spacial score (nSPS) is 11.6. The van der Waals surface area contributed by atoms with E-state index in [2.05, 4.69) is 248 Å². The molecule has 0 radical (unpaired) electrons. The summed E-state index contributed by atoms with van der Waals surface area (Å²) in [5.41, 5.74) is 9.63. The molecule has 11 aromatic rings. The molecule has 1 aromatic heterocycles. The average molecular weight is 796 g/mol. The van der Waals surface area contributed by atoms with Crippen molar-refractivity contribution in [2.45, 2.75) is 0 Å². The highest BCUT2D eigenvalue weighted by Gasteiger charge is 2.41. The highest BCUT2D eigenvalue weighted by molar-refractivity contribution is 7.19. The molecule has 0 atom stereocenters. The van der Waals surface area contributed by atoms with Gasteiger partial charge in [-0.2, -0.15) is 0 Å². The largest absolute Gasteiger partial charge is 0.456 e. The third kappa shape index (κ3) is 6.44. The van der Waals surface area contributed by atoms with Crippen molar-refractivity contribution >= 4 is 78.6 Å². The first-order chi connectivity index (χ1) is 30.2. The fourth-order valence-corrected chi connectivity index (χ4v) is 14.1. The molecule has 0 bridgehead atoms. The summed E-state index contributed by atoms with van der Waals surface area (Å²) in [6.45, 7) is 0. The maximum atomic E-state index is 6.64. The zero-order chi connectivity index (χ0) is 40.6. The molecule has 0 aliphatic carbocycles. The van der Waals surface area contributed by atoms with E-state index in [0.717, 1.165) is 44.6 Å². The van der Waals surface area contributed by atoms with Crippen LogP contribution in [0.1, 0.15) is 0 Å². The van der Waals surface area contributed by atoms with Crippen LogP contribution >= 0.6 is 0 Å². The van der Waals surface area contributed by atoms with Gasteiger partial charge in [0.15, 0.2) is 8.07 Å². The van der Waals surface area contributed by atoms with Gasteiger partial charge in [0.05, 0.1) is 5.69 Å². The van der Waals surface area contributed by atoms with Gasteiger partial charge < -0.3 is 9.32 Å². The molecule has 0 fully saturated rings. The van der Waals surface area contributed by atoms with Crippen LogP contribution in [0.25, 0.3) is 55.0 Å². The summed E-state index contributed by atoms with van der Waals surface area (Å²) in [6.07, 6.45) is 0. The van der Waals surface area contributed by atoms with Gasteiger partial charge in [0.25, 0.3) is 0 Å². The van der Waals surface area contributed by atoms with Crippen LogP contribution in [-0.4, -0.2) is 8.07 Å². The van der Waals surface area contributed by atoms with Crippen LogP contribution in [0.2, 0.25) is 0 Å². The molecule has 0 spiro atoms. The monoisotopic (exact) mass is 795 g/mol. The van der Waals surface area contributed by atoms with Crippen LogP contribution in [0.4, 0.5) is 17.1 Å². The van der Waals surface area contributed by atoms with Crippen LogP contribution in [-0.2, 0) is 0 Å². The predicted molar refractivity (Wildman–Crippen MR) is 260 cm³/mol. The minimum atomic E-state index is -2.61. The first-order valence-electron chi connectivity index (χ1n) is 20.9. The van der Waals surface area contributed by atoms with E-state index in [-0.39, 0.29) is 0 Å². The topological polar surface area (TPSA) is 16.4 Å². The Bertz CT molecular complexity index is 3170. The molecule has 11 rings (SSSR count). The van der Waals surface area contributed by atoms with Crippen molar-refractivity contribution in [3.8, 4) is 22.3 Å². The Morgan fingerprint density at radius 3 is 1.36 bits per heavy atom. The molecule has 1 heterocycles. The van der Waals surface area contributed by atoms with E-state index in [9.17, 15) is 0 Å². The Kier molecular flexibility index (Phi) is 9.22. The third-order valence-corrected chi connectivity index (χ3v) is 17.0. The van der Waals surface area contributed by atoms with Crippen molar-refractivity contribution in [2.75, 3.05) is 4.90 Å². The van der Waals surface area contributed by atoms with Gasteiger partial charge >= 0.3 is 0 Å². The zero-order valence-electron chi connectivity index (χ0n) is 33.5. The number of rotatable bonds is 9. The predicted octanol–water partition coefficient (Wildman–Crippen LogP) is 12.9. The second-order valence-corrected chi connectivity index (χ2v) is 19.5. The maximum absolute atomic E-state index is 6.64.